The number of esters is 1. The fourth-order valence-electron chi connectivity index (χ4n) is 2.01. The van der Waals surface area contributed by atoms with Gasteiger partial charge < -0.3 is 4.74 Å². The van der Waals surface area contributed by atoms with Gasteiger partial charge in [-0.05, 0) is 31.7 Å². The number of carbonyl (C=O) groups excluding carboxylic acids is 1. The van der Waals surface area contributed by atoms with Gasteiger partial charge in [-0.2, -0.15) is 5.10 Å². The predicted molar refractivity (Wildman–Crippen MR) is 55.8 cm³/mol. The van der Waals surface area contributed by atoms with Crippen molar-refractivity contribution in [1.29, 1.82) is 0 Å². The number of hydrogen-bond donors (Lipinski definition) is 0. The van der Waals surface area contributed by atoms with E-state index in [1.54, 1.807) is 6.92 Å². The van der Waals surface area contributed by atoms with Crippen LogP contribution in [0.2, 0.25) is 0 Å². The van der Waals surface area contributed by atoms with Crippen molar-refractivity contribution in [2.45, 2.75) is 39.2 Å². The quantitative estimate of drug-likeness (QED) is 0.698. The summed E-state index contributed by atoms with van der Waals surface area (Å²) in [4.78, 5) is 11.5. The molecule has 0 spiro atoms. The smallest absolute Gasteiger partial charge is 0.358 e. The lowest BCUT2D eigenvalue weighted by atomic mass is 9.98. The lowest BCUT2D eigenvalue weighted by Crippen LogP contribution is -2.14. The van der Waals surface area contributed by atoms with Gasteiger partial charge >= 0.3 is 5.97 Å². The van der Waals surface area contributed by atoms with E-state index in [1.165, 1.54) is 6.42 Å². The van der Waals surface area contributed by atoms with Gasteiger partial charge in [0, 0.05) is 12.2 Å². The Labute approximate surface area is 89.2 Å². The molecule has 4 nitrogen and oxygen atoms in total. The van der Waals surface area contributed by atoms with Crippen LogP contribution in [0.1, 0.15) is 48.8 Å². The summed E-state index contributed by atoms with van der Waals surface area (Å²) in [6, 6.07) is 1.86. The van der Waals surface area contributed by atoms with Crippen LogP contribution in [-0.4, -0.2) is 22.4 Å². The third-order valence-corrected chi connectivity index (χ3v) is 2.81. The highest BCUT2D eigenvalue weighted by atomic mass is 16.5. The summed E-state index contributed by atoms with van der Waals surface area (Å²) in [7, 11) is 0. The standard InChI is InChI=1S/C11H16N2O2/c1-3-15-11(14)9-7-10-8(2)5-4-6-13(10)12-9/h7-8H,3-6H2,1-2H3. The Balaban J connectivity index is 2.25. The SMILES string of the molecule is CCOC(=O)c1cc2n(n1)CCCC2C. The van der Waals surface area contributed by atoms with Gasteiger partial charge in [-0.1, -0.05) is 6.92 Å². The third kappa shape index (κ3) is 1.89. The van der Waals surface area contributed by atoms with Crippen LogP contribution in [0, 0.1) is 0 Å². The van der Waals surface area contributed by atoms with Crippen LogP contribution in [0.25, 0.3) is 0 Å². The molecule has 0 fully saturated rings. The number of nitrogens with zero attached hydrogens (tertiary/aromatic N) is 2. The normalized spacial score (nSPS) is 19.7. The Hall–Kier alpha value is -1.32. The van der Waals surface area contributed by atoms with Crippen molar-refractivity contribution in [3.63, 3.8) is 0 Å². The zero-order valence-electron chi connectivity index (χ0n) is 9.19. The van der Waals surface area contributed by atoms with E-state index < -0.39 is 0 Å². The van der Waals surface area contributed by atoms with Gasteiger partial charge in [0.15, 0.2) is 5.69 Å². The maximum atomic E-state index is 11.5. The van der Waals surface area contributed by atoms with Crippen molar-refractivity contribution in [1.82, 2.24) is 9.78 Å². The van der Waals surface area contributed by atoms with Gasteiger partial charge in [0.25, 0.3) is 0 Å². The summed E-state index contributed by atoms with van der Waals surface area (Å²) < 4.78 is 6.86. The molecular formula is C11H16N2O2. The van der Waals surface area contributed by atoms with Crippen LogP contribution in [0.15, 0.2) is 6.07 Å². The first-order valence-corrected chi connectivity index (χ1v) is 5.47. The van der Waals surface area contributed by atoms with E-state index in [0.29, 0.717) is 18.2 Å². The van der Waals surface area contributed by atoms with Gasteiger partial charge in [-0.25, -0.2) is 4.79 Å². The van der Waals surface area contributed by atoms with E-state index in [9.17, 15) is 4.79 Å². The van der Waals surface area contributed by atoms with E-state index >= 15 is 0 Å². The van der Waals surface area contributed by atoms with E-state index in [2.05, 4.69) is 12.0 Å². The average Bonchev–Trinajstić information content (AvgIpc) is 2.63. The minimum atomic E-state index is -0.313. The number of aromatic nitrogens is 2. The molecule has 0 aromatic carbocycles. The molecule has 1 aliphatic rings. The number of rotatable bonds is 2. The molecule has 4 heteroatoms. The highest BCUT2D eigenvalue weighted by Crippen LogP contribution is 2.26. The summed E-state index contributed by atoms with van der Waals surface area (Å²) in [6.07, 6.45) is 2.31. The lowest BCUT2D eigenvalue weighted by molar-refractivity contribution is 0.0518. The Kier molecular flexibility index (Phi) is 2.75. The minimum absolute atomic E-state index is 0.313. The molecule has 2 heterocycles. The van der Waals surface area contributed by atoms with Crippen LogP contribution < -0.4 is 0 Å². The van der Waals surface area contributed by atoms with E-state index in [4.69, 9.17) is 4.74 Å². The molecule has 1 aromatic heterocycles. The maximum Gasteiger partial charge on any atom is 0.358 e. The molecule has 0 saturated carbocycles. The van der Waals surface area contributed by atoms with Crippen molar-refractivity contribution in [3.05, 3.63) is 17.5 Å². The topological polar surface area (TPSA) is 44.1 Å². The zero-order chi connectivity index (χ0) is 10.8. The number of ether oxygens (including phenoxy) is 1. The number of fused-ring (bicyclic) bond motifs is 1. The van der Waals surface area contributed by atoms with E-state index in [1.807, 2.05) is 10.7 Å². The van der Waals surface area contributed by atoms with Crippen molar-refractivity contribution < 1.29 is 9.53 Å². The minimum Gasteiger partial charge on any atom is -0.461 e. The molecule has 1 aliphatic heterocycles. The molecule has 0 bridgehead atoms. The van der Waals surface area contributed by atoms with Gasteiger partial charge in [-0.3, -0.25) is 4.68 Å². The van der Waals surface area contributed by atoms with Crippen LogP contribution in [0.4, 0.5) is 0 Å². The van der Waals surface area contributed by atoms with Crippen LogP contribution in [0.3, 0.4) is 0 Å². The number of carbonyl (C=O) groups is 1. The van der Waals surface area contributed by atoms with Crippen molar-refractivity contribution in [2.24, 2.45) is 0 Å². The molecule has 1 atom stereocenters. The summed E-state index contributed by atoms with van der Waals surface area (Å²) >= 11 is 0. The second-order valence-corrected chi connectivity index (χ2v) is 3.94. The van der Waals surface area contributed by atoms with Gasteiger partial charge in [0.2, 0.25) is 0 Å². The van der Waals surface area contributed by atoms with Gasteiger partial charge in [0.05, 0.1) is 6.61 Å². The Morgan fingerprint density at radius 2 is 2.53 bits per heavy atom. The molecule has 0 amide bonds. The molecule has 1 unspecified atom stereocenters. The molecule has 15 heavy (non-hydrogen) atoms. The molecule has 82 valence electrons. The first-order chi connectivity index (χ1) is 7.22. The molecule has 0 aliphatic carbocycles. The first-order valence-electron chi connectivity index (χ1n) is 5.47. The Bertz CT molecular complexity index is 371. The van der Waals surface area contributed by atoms with Crippen LogP contribution >= 0.6 is 0 Å². The second-order valence-electron chi connectivity index (χ2n) is 3.94. The van der Waals surface area contributed by atoms with Crippen molar-refractivity contribution >= 4 is 5.97 Å². The number of hydrogen-bond acceptors (Lipinski definition) is 3. The fraction of sp³-hybridized carbons (Fsp3) is 0.636. The van der Waals surface area contributed by atoms with Gasteiger partial charge in [0.1, 0.15) is 0 Å². The lowest BCUT2D eigenvalue weighted by Gasteiger charge is -2.19. The maximum absolute atomic E-state index is 11.5. The largest absolute Gasteiger partial charge is 0.461 e. The van der Waals surface area contributed by atoms with E-state index in [0.717, 1.165) is 18.7 Å². The summed E-state index contributed by atoms with van der Waals surface area (Å²) in [5, 5.41) is 4.26. The predicted octanol–water partition coefficient (Wildman–Crippen LogP) is 1.96. The number of aryl methyl sites for hydroxylation is 1. The van der Waals surface area contributed by atoms with Crippen molar-refractivity contribution in [3.8, 4) is 0 Å². The molecule has 2 rings (SSSR count). The highest BCUT2D eigenvalue weighted by Gasteiger charge is 2.21. The van der Waals surface area contributed by atoms with Crippen LogP contribution in [0.5, 0.6) is 0 Å². The van der Waals surface area contributed by atoms with Gasteiger partial charge in [-0.15, -0.1) is 0 Å². The monoisotopic (exact) mass is 208 g/mol. The summed E-state index contributed by atoms with van der Waals surface area (Å²) in [5.41, 5.74) is 1.60. The Morgan fingerprint density at radius 3 is 3.20 bits per heavy atom. The second kappa shape index (κ2) is 4.04. The summed E-state index contributed by atoms with van der Waals surface area (Å²) in [6.45, 7) is 5.29. The highest BCUT2D eigenvalue weighted by molar-refractivity contribution is 5.87. The summed E-state index contributed by atoms with van der Waals surface area (Å²) in [5.74, 6) is 0.182. The molecule has 1 aromatic rings. The zero-order valence-corrected chi connectivity index (χ0v) is 9.19. The third-order valence-electron chi connectivity index (χ3n) is 2.81. The molecule has 0 radical (unpaired) electrons. The average molecular weight is 208 g/mol. The molecular weight excluding hydrogens is 192 g/mol. The van der Waals surface area contributed by atoms with Crippen molar-refractivity contribution in [2.75, 3.05) is 6.61 Å². The van der Waals surface area contributed by atoms with Crippen LogP contribution in [-0.2, 0) is 11.3 Å². The molecule has 0 N–H and O–H groups in total. The Morgan fingerprint density at radius 1 is 1.73 bits per heavy atom. The fourth-order valence-corrected chi connectivity index (χ4v) is 2.01. The molecule has 0 saturated heterocycles. The first kappa shape index (κ1) is 10.2. The van der Waals surface area contributed by atoms with E-state index in [-0.39, 0.29) is 5.97 Å².